The van der Waals surface area contributed by atoms with Gasteiger partial charge in [0.25, 0.3) is 5.91 Å². The smallest absolute Gasteiger partial charge is 0.253 e. The molecule has 1 amide bonds. The number of aliphatic imine (C=N–C) groups is 1. The molecule has 3 fully saturated rings. The molecular formula is C32H41N5O4S. The van der Waals surface area contributed by atoms with Crippen molar-refractivity contribution in [3.05, 3.63) is 78.4 Å². The maximum atomic E-state index is 13.1. The van der Waals surface area contributed by atoms with Gasteiger partial charge in [0, 0.05) is 49.2 Å². The molecule has 3 aliphatic rings. The zero-order valence-corrected chi connectivity index (χ0v) is 24.9. The second-order valence-electron chi connectivity index (χ2n) is 11.1. The van der Waals surface area contributed by atoms with Gasteiger partial charge in [0.1, 0.15) is 0 Å². The summed E-state index contributed by atoms with van der Waals surface area (Å²) in [5, 5.41) is 2.65. The summed E-state index contributed by atoms with van der Waals surface area (Å²) in [7, 11) is -3.43. The van der Waals surface area contributed by atoms with E-state index in [0.29, 0.717) is 54.6 Å². The van der Waals surface area contributed by atoms with Gasteiger partial charge in [-0.2, -0.15) is 0 Å². The Morgan fingerprint density at radius 3 is 2.17 bits per heavy atom. The van der Waals surface area contributed by atoms with E-state index in [-0.39, 0.29) is 16.8 Å². The van der Waals surface area contributed by atoms with Crippen LogP contribution in [0.3, 0.4) is 0 Å². The lowest BCUT2D eigenvalue weighted by atomic mass is 10.0. The Labute approximate surface area is 249 Å². The predicted octanol–water partition coefficient (Wildman–Crippen LogP) is 4.29. The Hall–Kier alpha value is -3.47. The number of anilines is 1. The van der Waals surface area contributed by atoms with E-state index < -0.39 is 15.1 Å². The molecule has 10 heteroatoms. The summed E-state index contributed by atoms with van der Waals surface area (Å²) in [6.45, 7) is 8.67. The zero-order chi connectivity index (χ0) is 29.5. The lowest BCUT2D eigenvalue weighted by molar-refractivity contribution is 0.0644. The molecule has 3 aliphatic heterocycles. The largest absolute Gasteiger partial charge is 0.381 e. The second kappa shape index (κ2) is 13.7. The van der Waals surface area contributed by atoms with Gasteiger partial charge in [-0.3, -0.25) is 4.79 Å². The van der Waals surface area contributed by atoms with Crippen LogP contribution in [0.4, 0.5) is 5.69 Å². The first-order valence-electron chi connectivity index (χ1n) is 14.8. The van der Waals surface area contributed by atoms with Crippen LogP contribution in [-0.2, 0) is 14.6 Å². The van der Waals surface area contributed by atoms with Crippen LogP contribution in [-0.4, -0.2) is 80.8 Å². The maximum absolute atomic E-state index is 13.1. The number of carbonyl (C=O) groups excluding carboxylic acids is 1. The number of sulfone groups is 1. The molecule has 0 aliphatic carbocycles. The second-order valence-corrected chi connectivity index (χ2v) is 13.4. The third kappa shape index (κ3) is 7.11. The van der Waals surface area contributed by atoms with E-state index in [2.05, 4.69) is 21.8 Å². The van der Waals surface area contributed by atoms with Crippen LogP contribution in [0.1, 0.15) is 54.4 Å². The number of allylic oxidation sites excluding steroid dienone is 2. The number of carbonyl (C=O) groups is 1. The van der Waals surface area contributed by atoms with Gasteiger partial charge in [-0.25, -0.2) is 13.4 Å². The molecule has 42 heavy (non-hydrogen) atoms. The number of piperidine rings is 1. The molecule has 0 bridgehead atoms. The minimum Gasteiger partial charge on any atom is -0.381 e. The van der Waals surface area contributed by atoms with Crippen LogP contribution in [0.2, 0.25) is 0 Å². The number of benzene rings is 2. The fourth-order valence-electron chi connectivity index (χ4n) is 6.03. The lowest BCUT2D eigenvalue weighted by Crippen LogP contribution is -2.45. The van der Waals surface area contributed by atoms with Crippen molar-refractivity contribution < 1.29 is 17.9 Å². The van der Waals surface area contributed by atoms with E-state index in [9.17, 15) is 13.2 Å². The molecule has 0 saturated carbocycles. The average molecular weight is 592 g/mol. The zero-order valence-electron chi connectivity index (χ0n) is 24.1. The standard InChI is InChI=1S/C32H41N5O4S/c1-2-5-30(24-8-12-28(13-9-24)42(39,40)29-16-22-41-23-17-29)35-32(33)34-26-10-6-25(7-11-26)31(38)37-20-14-27(15-21-37)36-18-3-4-19-36/h2,5-13,27,29H,1,3-4,14-23H2,(H3,33,34,35)/b30-5-. The molecule has 224 valence electrons. The van der Waals surface area contributed by atoms with E-state index in [0.717, 1.165) is 25.9 Å². The highest BCUT2D eigenvalue weighted by Crippen LogP contribution is 2.26. The summed E-state index contributed by atoms with van der Waals surface area (Å²) in [6.07, 6.45) is 8.98. The summed E-state index contributed by atoms with van der Waals surface area (Å²) in [4.78, 5) is 22.4. The first-order valence-corrected chi connectivity index (χ1v) is 16.4. The number of nitrogens with one attached hydrogen (secondary N) is 1. The molecule has 3 saturated heterocycles. The number of likely N-dealkylation sites (tertiary alicyclic amines) is 2. The summed E-state index contributed by atoms with van der Waals surface area (Å²) in [5.74, 6) is 0.214. The van der Waals surface area contributed by atoms with Gasteiger partial charge in [-0.05, 0) is 94.1 Å². The van der Waals surface area contributed by atoms with Gasteiger partial charge >= 0.3 is 0 Å². The van der Waals surface area contributed by atoms with Crippen molar-refractivity contribution in [1.82, 2.24) is 9.80 Å². The SMILES string of the molecule is C=C/C=C(\N=C(N)Nc1ccc(C(=O)N2CCC(N3CCCC3)CC2)cc1)c1ccc(S(=O)(=O)C2CCOCC2)cc1. The van der Waals surface area contributed by atoms with Crippen LogP contribution >= 0.6 is 0 Å². The van der Waals surface area contributed by atoms with Crippen molar-refractivity contribution in [3.8, 4) is 0 Å². The van der Waals surface area contributed by atoms with E-state index in [1.165, 1.54) is 25.9 Å². The summed E-state index contributed by atoms with van der Waals surface area (Å²) in [6, 6.07) is 14.5. The van der Waals surface area contributed by atoms with Crippen LogP contribution in [0, 0.1) is 0 Å². The molecule has 2 aromatic carbocycles. The molecule has 9 nitrogen and oxygen atoms in total. The Bertz CT molecular complexity index is 1400. The number of hydrogen-bond donors (Lipinski definition) is 2. The summed E-state index contributed by atoms with van der Waals surface area (Å²) >= 11 is 0. The molecular weight excluding hydrogens is 550 g/mol. The van der Waals surface area contributed by atoms with Crippen molar-refractivity contribution >= 4 is 33.1 Å². The normalized spacial score (nSPS) is 20.0. The number of amides is 1. The molecule has 0 radical (unpaired) electrons. The van der Waals surface area contributed by atoms with Crippen LogP contribution in [0.5, 0.6) is 0 Å². The van der Waals surface area contributed by atoms with Crippen molar-refractivity contribution in [3.63, 3.8) is 0 Å². The summed E-state index contributed by atoms with van der Waals surface area (Å²) in [5.41, 5.74) is 8.83. The molecule has 5 rings (SSSR count). The lowest BCUT2D eigenvalue weighted by Gasteiger charge is -2.36. The molecule has 2 aromatic rings. The topological polar surface area (TPSA) is 117 Å². The van der Waals surface area contributed by atoms with Gasteiger partial charge in [0.05, 0.1) is 15.8 Å². The number of guanidine groups is 1. The highest BCUT2D eigenvalue weighted by atomic mass is 32.2. The number of rotatable bonds is 8. The molecule has 3 heterocycles. The average Bonchev–Trinajstić information content (AvgIpc) is 3.57. The molecule has 0 atom stereocenters. The number of nitrogens with zero attached hydrogens (tertiary/aromatic N) is 3. The molecule has 0 aromatic heterocycles. The molecule has 0 spiro atoms. The fourth-order valence-corrected chi connectivity index (χ4v) is 7.74. The molecule has 3 N–H and O–H groups in total. The van der Waals surface area contributed by atoms with Crippen LogP contribution in [0.15, 0.2) is 77.1 Å². The van der Waals surface area contributed by atoms with Crippen molar-refractivity contribution in [2.45, 2.75) is 54.7 Å². The van der Waals surface area contributed by atoms with E-state index >= 15 is 0 Å². The number of ether oxygens (including phenoxy) is 1. The predicted molar refractivity (Wildman–Crippen MR) is 167 cm³/mol. The van der Waals surface area contributed by atoms with E-state index in [1.807, 2.05) is 29.2 Å². The summed E-state index contributed by atoms with van der Waals surface area (Å²) < 4.78 is 31.4. The van der Waals surface area contributed by atoms with Crippen molar-refractivity contribution in [2.75, 3.05) is 44.7 Å². The van der Waals surface area contributed by atoms with Gasteiger partial charge in [0.15, 0.2) is 15.8 Å². The Morgan fingerprint density at radius 2 is 1.55 bits per heavy atom. The third-order valence-corrected chi connectivity index (χ3v) is 10.7. The Balaban J connectivity index is 1.19. The Morgan fingerprint density at radius 1 is 0.929 bits per heavy atom. The van der Waals surface area contributed by atoms with Crippen LogP contribution in [0.25, 0.3) is 5.70 Å². The third-order valence-electron chi connectivity index (χ3n) is 8.42. The number of nitrogens with two attached hydrogens (primary N) is 1. The highest BCUT2D eigenvalue weighted by molar-refractivity contribution is 7.92. The highest BCUT2D eigenvalue weighted by Gasteiger charge is 2.30. The molecule has 0 unspecified atom stereocenters. The van der Waals surface area contributed by atoms with Crippen molar-refractivity contribution in [1.29, 1.82) is 0 Å². The quantitative estimate of drug-likeness (QED) is 0.267. The van der Waals surface area contributed by atoms with Gasteiger partial charge < -0.3 is 25.6 Å². The maximum Gasteiger partial charge on any atom is 0.253 e. The van der Waals surface area contributed by atoms with Crippen molar-refractivity contribution in [2.24, 2.45) is 10.7 Å². The van der Waals surface area contributed by atoms with Gasteiger partial charge in [-0.15, -0.1) is 0 Å². The fraction of sp³-hybridized carbons (Fsp3) is 0.438. The van der Waals surface area contributed by atoms with E-state index in [1.54, 1.807) is 36.4 Å². The van der Waals surface area contributed by atoms with Gasteiger partial charge in [0.2, 0.25) is 0 Å². The first kappa shape index (κ1) is 30.0. The minimum atomic E-state index is -3.43. The number of hydrogen-bond acceptors (Lipinski definition) is 6. The minimum absolute atomic E-state index is 0.0570. The Kier molecular flexibility index (Phi) is 9.76. The first-order chi connectivity index (χ1) is 20.3. The van der Waals surface area contributed by atoms with Crippen LogP contribution < -0.4 is 11.1 Å². The monoisotopic (exact) mass is 591 g/mol. The van der Waals surface area contributed by atoms with E-state index in [4.69, 9.17) is 10.5 Å². The van der Waals surface area contributed by atoms with Gasteiger partial charge in [-0.1, -0.05) is 24.8 Å².